The molecule has 0 spiro atoms. The normalized spacial score (nSPS) is 12.0. The van der Waals surface area contributed by atoms with E-state index in [1.165, 1.54) is 4.88 Å². The Morgan fingerprint density at radius 2 is 1.90 bits per heavy atom. The van der Waals surface area contributed by atoms with Gasteiger partial charge in [0.05, 0.1) is 5.39 Å². The van der Waals surface area contributed by atoms with Crippen molar-refractivity contribution in [1.82, 2.24) is 14.9 Å². The van der Waals surface area contributed by atoms with Crippen molar-refractivity contribution in [3.8, 4) is 5.88 Å². The van der Waals surface area contributed by atoms with E-state index in [4.69, 9.17) is 10.5 Å². The van der Waals surface area contributed by atoms with Gasteiger partial charge in [-0.2, -0.15) is 4.98 Å². The van der Waals surface area contributed by atoms with E-state index in [0.717, 1.165) is 16.8 Å². The maximum atomic E-state index is 5.88. The van der Waals surface area contributed by atoms with E-state index in [0.29, 0.717) is 24.6 Å². The van der Waals surface area contributed by atoms with Gasteiger partial charge in [-0.25, -0.2) is 4.98 Å². The van der Waals surface area contributed by atoms with Crippen LogP contribution in [0.1, 0.15) is 32.6 Å². The lowest BCUT2D eigenvalue weighted by Gasteiger charge is -2.30. The minimum absolute atomic E-state index is 0.268. The van der Waals surface area contributed by atoms with Crippen LogP contribution in [0.25, 0.3) is 10.2 Å². The van der Waals surface area contributed by atoms with Gasteiger partial charge in [-0.3, -0.25) is 4.90 Å². The van der Waals surface area contributed by atoms with E-state index < -0.39 is 0 Å². The predicted molar refractivity (Wildman–Crippen MR) is 89.0 cm³/mol. The molecule has 2 heterocycles. The number of fused-ring (bicyclic) bond motifs is 1. The van der Waals surface area contributed by atoms with Crippen molar-refractivity contribution < 1.29 is 4.74 Å². The summed E-state index contributed by atoms with van der Waals surface area (Å²) in [6.07, 6.45) is 0. The van der Waals surface area contributed by atoms with Crippen LogP contribution in [-0.2, 0) is 0 Å². The molecule has 0 radical (unpaired) electrons. The quantitative estimate of drug-likeness (QED) is 0.888. The highest BCUT2D eigenvalue weighted by atomic mass is 32.1. The van der Waals surface area contributed by atoms with Gasteiger partial charge in [0.1, 0.15) is 11.4 Å². The molecule has 0 unspecified atom stereocenters. The van der Waals surface area contributed by atoms with E-state index in [-0.39, 0.29) is 5.95 Å². The molecule has 2 rings (SSSR count). The van der Waals surface area contributed by atoms with Gasteiger partial charge in [-0.15, -0.1) is 11.3 Å². The van der Waals surface area contributed by atoms with Crippen LogP contribution in [-0.4, -0.2) is 40.1 Å². The van der Waals surface area contributed by atoms with Gasteiger partial charge in [0.25, 0.3) is 0 Å². The highest BCUT2D eigenvalue weighted by Gasteiger charge is 2.15. The first kappa shape index (κ1) is 16.0. The van der Waals surface area contributed by atoms with Gasteiger partial charge in [-0.05, 0) is 40.7 Å². The molecule has 21 heavy (non-hydrogen) atoms. The Kier molecular flexibility index (Phi) is 5.00. The number of nitrogen functional groups attached to an aromatic ring is 1. The topological polar surface area (TPSA) is 64.3 Å². The van der Waals surface area contributed by atoms with Crippen molar-refractivity contribution in [2.24, 2.45) is 0 Å². The van der Waals surface area contributed by atoms with Crippen LogP contribution in [0.2, 0.25) is 0 Å². The zero-order valence-electron chi connectivity index (χ0n) is 13.4. The van der Waals surface area contributed by atoms with Crippen LogP contribution in [0.4, 0.5) is 5.95 Å². The largest absolute Gasteiger partial charge is 0.476 e. The van der Waals surface area contributed by atoms with E-state index in [1.807, 2.05) is 6.92 Å². The average Bonchev–Trinajstić information content (AvgIpc) is 2.73. The Balaban J connectivity index is 2.09. The average molecular weight is 308 g/mol. The molecular weight excluding hydrogens is 284 g/mol. The molecule has 116 valence electrons. The van der Waals surface area contributed by atoms with Crippen LogP contribution in [0.3, 0.4) is 0 Å². The maximum absolute atomic E-state index is 5.88. The van der Waals surface area contributed by atoms with Gasteiger partial charge in [0.2, 0.25) is 11.8 Å². The van der Waals surface area contributed by atoms with Crippen molar-refractivity contribution in [3.63, 3.8) is 0 Å². The lowest BCUT2D eigenvalue weighted by molar-refractivity contribution is 0.141. The fraction of sp³-hybridized carbons (Fsp3) is 0.600. The van der Waals surface area contributed by atoms with Gasteiger partial charge >= 0.3 is 0 Å². The number of nitrogens with two attached hydrogens (primary N) is 1. The molecule has 0 saturated heterocycles. The van der Waals surface area contributed by atoms with Crippen molar-refractivity contribution in [3.05, 3.63) is 10.9 Å². The number of hydrogen-bond donors (Lipinski definition) is 1. The van der Waals surface area contributed by atoms with E-state index in [9.17, 15) is 0 Å². The Morgan fingerprint density at radius 3 is 2.52 bits per heavy atom. The monoisotopic (exact) mass is 308 g/mol. The second-order valence-corrected chi connectivity index (χ2v) is 6.97. The molecule has 5 nitrogen and oxygen atoms in total. The van der Waals surface area contributed by atoms with Crippen molar-refractivity contribution in [1.29, 1.82) is 0 Å². The van der Waals surface area contributed by atoms with E-state index in [1.54, 1.807) is 11.3 Å². The smallest absolute Gasteiger partial charge is 0.227 e. The zero-order valence-corrected chi connectivity index (χ0v) is 14.2. The van der Waals surface area contributed by atoms with E-state index >= 15 is 0 Å². The number of rotatable bonds is 6. The Bertz CT molecular complexity index is 601. The SMILES string of the molecule is Cc1cc2c(OCCN(C(C)C)C(C)C)nc(N)nc2s1. The molecular formula is C15H24N4OS. The highest BCUT2D eigenvalue weighted by Crippen LogP contribution is 2.30. The lowest BCUT2D eigenvalue weighted by Crippen LogP contribution is -2.39. The summed E-state index contributed by atoms with van der Waals surface area (Å²) < 4.78 is 5.88. The van der Waals surface area contributed by atoms with Crippen molar-refractivity contribution in [2.45, 2.75) is 46.7 Å². The summed E-state index contributed by atoms with van der Waals surface area (Å²) in [7, 11) is 0. The summed E-state index contributed by atoms with van der Waals surface area (Å²) in [5.41, 5.74) is 5.76. The minimum Gasteiger partial charge on any atom is -0.476 e. The third-order valence-electron chi connectivity index (χ3n) is 3.41. The summed E-state index contributed by atoms with van der Waals surface area (Å²) in [5.74, 6) is 0.859. The summed E-state index contributed by atoms with van der Waals surface area (Å²) in [4.78, 5) is 12.9. The molecule has 0 fully saturated rings. The molecule has 0 bridgehead atoms. The van der Waals surface area contributed by atoms with Gasteiger partial charge in [0.15, 0.2) is 0 Å². The van der Waals surface area contributed by atoms with Crippen LogP contribution < -0.4 is 10.5 Å². The third-order valence-corrected chi connectivity index (χ3v) is 4.36. The number of nitrogens with zero attached hydrogens (tertiary/aromatic N) is 3. The van der Waals surface area contributed by atoms with Gasteiger partial charge in [-0.1, -0.05) is 0 Å². The summed E-state index contributed by atoms with van der Waals surface area (Å²) >= 11 is 1.61. The molecule has 2 aromatic heterocycles. The van der Waals surface area contributed by atoms with Crippen molar-refractivity contribution in [2.75, 3.05) is 18.9 Å². The second kappa shape index (κ2) is 6.58. The first-order valence-electron chi connectivity index (χ1n) is 7.30. The lowest BCUT2D eigenvalue weighted by atomic mass is 10.2. The Hall–Kier alpha value is -1.40. The second-order valence-electron chi connectivity index (χ2n) is 5.74. The fourth-order valence-corrected chi connectivity index (χ4v) is 3.38. The molecule has 0 amide bonds. The number of anilines is 1. The van der Waals surface area contributed by atoms with Gasteiger partial charge in [0, 0.05) is 23.5 Å². The molecule has 6 heteroatoms. The standard InChI is InChI=1S/C15H24N4OS/c1-9(2)19(10(3)4)6-7-20-13-12-8-11(5)21-14(12)18-15(16)17-13/h8-10H,6-7H2,1-5H3,(H2,16,17,18). The molecule has 0 atom stereocenters. The molecule has 2 aromatic rings. The zero-order chi connectivity index (χ0) is 15.6. The highest BCUT2D eigenvalue weighted by molar-refractivity contribution is 7.18. The first-order chi connectivity index (χ1) is 9.88. The van der Waals surface area contributed by atoms with Crippen LogP contribution in [0.15, 0.2) is 6.07 Å². The summed E-state index contributed by atoms with van der Waals surface area (Å²) in [6.45, 7) is 12.3. The Morgan fingerprint density at radius 1 is 1.24 bits per heavy atom. The van der Waals surface area contributed by atoms with E-state index in [2.05, 4.69) is 48.6 Å². The first-order valence-corrected chi connectivity index (χ1v) is 8.12. The molecule has 2 N–H and O–H groups in total. The molecule has 0 aliphatic carbocycles. The number of thiophene rings is 1. The van der Waals surface area contributed by atoms with Gasteiger partial charge < -0.3 is 10.5 Å². The van der Waals surface area contributed by atoms with Crippen molar-refractivity contribution >= 4 is 27.5 Å². The fourth-order valence-electron chi connectivity index (χ4n) is 2.50. The molecule has 0 aliphatic rings. The molecule has 0 aliphatic heterocycles. The molecule has 0 aromatic carbocycles. The molecule has 0 saturated carbocycles. The third kappa shape index (κ3) is 3.83. The number of aryl methyl sites for hydroxylation is 1. The Labute approximate surface area is 130 Å². The number of ether oxygens (including phenoxy) is 1. The summed E-state index contributed by atoms with van der Waals surface area (Å²) in [6, 6.07) is 3.04. The minimum atomic E-state index is 0.268. The van der Waals surface area contributed by atoms with Crippen LogP contribution in [0, 0.1) is 6.92 Å². The number of aromatic nitrogens is 2. The van der Waals surface area contributed by atoms with Crippen LogP contribution in [0.5, 0.6) is 5.88 Å². The predicted octanol–water partition coefficient (Wildman–Crippen LogP) is 3.08. The van der Waals surface area contributed by atoms with Crippen LogP contribution >= 0.6 is 11.3 Å². The maximum Gasteiger partial charge on any atom is 0.227 e. The summed E-state index contributed by atoms with van der Waals surface area (Å²) in [5, 5.41) is 0.951. The number of hydrogen-bond acceptors (Lipinski definition) is 6.